The molecule has 3 aliphatic rings. The zero-order chi connectivity index (χ0) is 35.5. The van der Waals surface area contributed by atoms with Crippen molar-refractivity contribution in [1.82, 2.24) is 36.1 Å². The van der Waals surface area contributed by atoms with Gasteiger partial charge in [0.25, 0.3) is 5.91 Å². The summed E-state index contributed by atoms with van der Waals surface area (Å²) in [6.07, 6.45) is 4.43. The maximum Gasteiger partial charge on any atom is 0.256 e. The first kappa shape index (κ1) is 34.9. The summed E-state index contributed by atoms with van der Waals surface area (Å²) in [5.74, 6) is 0.635. The third-order valence-electron chi connectivity index (χ3n) is 9.67. The fourth-order valence-corrected chi connectivity index (χ4v) is 7.58. The van der Waals surface area contributed by atoms with E-state index in [1.807, 2.05) is 59.5 Å². The lowest BCUT2D eigenvalue weighted by molar-refractivity contribution is -0.120. The molecule has 11 nitrogen and oxygen atoms in total. The summed E-state index contributed by atoms with van der Waals surface area (Å²) in [4.78, 5) is 47.3. The molecule has 2 atom stereocenters. The molecule has 7 rings (SSSR count). The Balaban J connectivity index is 1.05. The van der Waals surface area contributed by atoms with Crippen molar-refractivity contribution in [2.45, 2.75) is 50.9 Å². The molecule has 4 aromatic rings. The van der Waals surface area contributed by atoms with Gasteiger partial charge in [-0.1, -0.05) is 65.7 Å². The van der Waals surface area contributed by atoms with Crippen LogP contribution in [0.25, 0.3) is 33.6 Å². The van der Waals surface area contributed by atoms with E-state index >= 15 is 0 Å². The van der Waals surface area contributed by atoms with Gasteiger partial charge in [-0.25, -0.2) is 4.98 Å². The molecular formula is C38H39Cl2N7O4. The van der Waals surface area contributed by atoms with Crippen molar-refractivity contribution in [3.05, 3.63) is 87.5 Å². The number of aromatic nitrogens is 2. The number of halogens is 2. The molecule has 0 aliphatic carbocycles. The largest absolute Gasteiger partial charge is 0.481 e. The summed E-state index contributed by atoms with van der Waals surface area (Å²) < 4.78 is 5.65. The lowest BCUT2D eigenvalue weighted by Crippen LogP contribution is -2.39. The lowest BCUT2D eigenvalue weighted by atomic mass is 9.97. The normalized spacial score (nSPS) is 18.3. The van der Waals surface area contributed by atoms with Gasteiger partial charge >= 0.3 is 0 Å². The van der Waals surface area contributed by atoms with Crippen molar-refractivity contribution >= 4 is 40.9 Å². The van der Waals surface area contributed by atoms with Crippen LogP contribution in [-0.2, 0) is 22.7 Å². The maximum atomic E-state index is 13.1. The molecule has 2 fully saturated rings. The van der Waals surface area contributed by atoms with Crippen LogP contribution in [0.2, 0.25) is 10.0 Å². The van der Waals surface area contributed by atoms with Crippen molar-refractivity contribution in [3.8, 4) is 39.5 Å². The molecule has 0 spiro atoms. The van der Waals surface area contributed by atoms with E-state index in [2.05, 4.69) is 26.3 Å². The first-order valence-corrected chi connectivity index (χ1v) is 17.9. The van der Waals surface area contributed by atoms with Gasteiger partial charge in [0, 0.05) is 98.2 Å². The summed E-state index contributed by atoms with van der Waals surface area (Å²) in [5, 5.41) is 13.7. The van der Waals surface area contributed by atoms with Crippen molar-refractivity contribution in [1.29, 1.82) is 0 Å². The van der Waals surface area contributed by atoms with E-state index in [1.165, 1.54) is 0 Å². The summed E-state index contributed by atoms with van der Waals surface area (Å²) in [6, 6.07) is 17.6. The highest BCUT2D eigenvalue weighted by molar-refractivity contribution is 6.39. The van der Waals surface area contributed by atoms with Crippen molar-refractivity contribution in [2.75, 3.05) is 33.3 Å². The summed E-state index contributed by atoms with van der Waals surface area (Å²) in [5.41, 5.74) is 6.69. The number of carbonyl (C=O) groups excluding carboxylic acids is 3. The fraction of sp³-hybridized carbons (Fsp3) is 0.342. The zero-order valence-electron chi connectivity index (χ0n) is 28.2. The number of hydrogen-bond donors (Lipinski definition) is 4. The molecule has 0 bridgehead atoms. The highest BCUT2D eigenvalue weighted by Crippen LogP contribution is 2.42. The van der Waals surface area contributed by atoms with E-state index in [1.54, 1.807) is 13.3 Å². The van der Waals surface area contributed by atoms with Crippen molar-refractivity contribution in [3.63, 3.8) is 0 Å². The van der Waals surface area contributed by atoms with Crippen LogP contribution in [0.5, 0.6) is 5.88 Å². The number of pyridine rings is 2. The molecule has 13 heteroatoms. The maximum absolute atomic E-state index is 13.1. The number of ether oxygens (including phenoxy) is 1. The number of benzene rings is 2. The summed E-state index contributed by atoms with van der Waals surface area (Å²) in [6.45, 7) is 3.57. The highest BCUT2D eigenvalue weighted by Gasteiger charge is 2.29. The molecule has 2 saturated heterocycles. The van der Waals surface area contributed by atoms with Gasteiger partial charge in [0.1, 0.15) is 0 Å². The number of rotatable bonds is 13. The first-order chi connectivity index (χ1) is 24.8. The van der Waals surface area contributed by atoms with E-state index in [-0.39, 0.29) is 29.8 Å². The van der Waals surface area contributed by atoms with Gasteiger partial charge in [0.2, 0.25) is 17.7 Å². The Morgan fingerprint density at radius 3 is 2.08 bits per heavy atom. The first-order valence-electron chi connectivity index (χ1n) is 17.2. The molecule has 3 amide bonds. The predicted molar refractivity (Wildman–Crippen MR) is 197 cm³/mol. The molecular weight excluding hydrogens is 689 g/mol. The second kappa shape index (κ2) is 15.4. The summed E-state index contributed by atoms with van der Waals surface area (Å²) >= 11 is 14.2. The number of nitrogens with zero attached hydrogens (tertiary/aromatic N) is 3. The van der Waals surface area contributed by atoms with Crippen LogP contribution in [0.3, 0.4) is 0 Å². The second-order valence-electron chi connectivity index (χ2n) is 13.1. The minimum atomic E-state index is -0.0444. The molecule has 51 heavy (non-hydrogen) atoms. The van der Waals surface area contributed by atoms with E-state index in [9.17, 15) is 14.4 Å². The monoisotopic (exact) mass is 727 g/mol. The third kappa shape index (κ3) is 7.57. The van der Waals surface area contributed by atoms with Gasteiger partial charge in [-0.2, -0.15) is 0 Å². The van der Waals surface area contributed by atoms with Crippen LogP contribution in [0.4, 0.5) is 0 Å². The Labute approximate surface area is 306 Å². The molecule has 5 heterocycles. The Hall–Kier alpha value is -4.55. The Morgan fingerprint density at radius 1 is 0.824 bits per heavy atom. The van der Waals surface area contributed by atoms with Crippen molar-refractivity contribution < 1.29 is 19.1 Å². The molecule has 2 aromatic heterocycles. The fourth-order valence-electron chi connectivity index (χ4n) is 6.93. The van der Waals surface area contributed by atoms with Crippen LogP contribution < -0.4 is 26.0 Å². The number of hydrogen-bond acceptors (Lipinski definition) is 8. The molecule has 0 radical (unpaired) electrons. The average molecular weight is 729 g/mol. The quantitative estimate of drug-likeness (QED) is 0.142. The lowest BCUT2D eigenvalue weighted by Gasteiger charge is -2.17. The average Bonchev–Trinajstić information content (AvgIpc) is 3.84. The number of amides is 3. The van der Waals surface area contributed by atoms with Gasteiger partial charge in [-0.3, -0.25) is 19.4 Å². The smallest absolute Gasteiger partial charge is 0.256 e. The van der Waals surface area contributed by atoms with E-state index in [0.717, 1.165) is 46.2 Å². The topological polar surface area (TPSA) is 138 Å². The van der Waals surface area contributed by atoms with E-state index < -0.39 is 0 Å². The van der Waals surface area contributed by atoms with Crippen LogP contribution in [0.1, 0.15) is 47.2 Å². The Bertz CT molecular complexity index is 1990. The molecule has 0 unspecified atom stereocenters. The van der Waals surface area contributed by atoms with Gasteiger partial charge in [-0.05, 0) is 30.5 Å². The molecule has 264 valence electrons. The second-order valence-corrected chi connectivity index (χ2v) is 13.8. The minimum absolute atomic E-state index is 0.0444. The van der Waals surface area contributed by atoms with Crippen LogP contribution in [0.15, 0.2) is 60.8 Å². The van der Waals surface area contributed by atoms with Gasteiger partial charge in [-0.15, -0.1) is 0 Å². The van der Waals surface area contributed by atoms with Crippen LogP contribution in [0, 0.1) is 0 Å². The van der Waals surface area contributed by atoms with Crippen molar-refractivity contribution in [2.24, 2.45) is 0 Å². The predicted octanol–water partition coefficient (Wildman–Crippen LogP) is 4.99. The number of carbonyl (C=O) groups is 3. The summed E-state index contributed by atoms with van der Waals surface area (Å²) in [7, 11) is 1.59. The highest BCUT2D eigenvalue weighted by atomic mass is 35.5. The number of nitrogens with one attached hydrogen (secondary N) is 4. The SMILES string of the molecule is COc1nc(-c2cccc(-c3cccc(-c4cc5c(cn4)C(=O)N(CCNC[C@@H]4CCC(=O)N4)C5)c3Cl)c2Cl)ccc1CNC[C@H]1CCC(=O)N1. The number of methoxy groups -OCH3 is 1. The van der Waals surface area contributed by atoms with Crippen LogP contribution in [-0.4, -0.2) is 78.0 Å². The third-order valence-corrected chi connectivity index (χ3v) is 10.5. The van der Waals surface area contributed by atoms with Gasteiger partial charge < -0.3 is 30.9 Å². The minimum Gasteiger partial charge on any atom is -0.481 e. The molecule has 4 N–H and O–H groups in total. The van der Waals surface area contributed by atoms with E-state index in [0.29, 0.717) is 85.0 Å². The van der Waals surface area contributed by atoms with Gasteiger partial charge in [0.05, 0.1) is 34.1 Å². The molecule has 0 saturated carbocycles. The van der Waals surface area contributed by atoms with Gasteiger partial charge in [0.15, 0.2) is 0 Å². The van der Waals surface area contributed by atoms with Crippen LogP contribution >= 0.6 is 23.2 Å². The Morgan fingerprint density at radius 2 is 1.45 bits per heavy atom. The number of fused-ring (bicyclic) bond motifs is 1. The van der Waals surface area contributed by atoms with E-state index in [4.69, 9.17) is 32.9 Å². The Kier molecular flexibility index (Phi) is 10.5. The standard InChI is InChI=1S/C38H39Cl2N7O4/c1-51-37-22(17-42-19-25-10-13-34(49)45-25)8-11-31(46-37)28-6-2-4-26(35(28)39)27-5-3-7-29(36(27)40)32-16-23-21-47(38(50)30(23)20-43-32)15-14-41-18-24-9-12-33(48)44-24/h2-8,11,16,20,24-25,41-42H,9-10,12-15,17-19,21H2,1H3,(H,44,48)(H,45,49)/t24-,25+/m0/s1. The molecule has 3 aliphatic heterocycles. The zero-order valence-corrected chi connectivity index (χ0v) is 29.7. The molecule has 2 aromatic carbocycles.